The summed E-state index contributed by atoms with van der Waals surface area (Å²) < 4.78 is 0. The van der Waals surface area contributed by atoms with Gasteiger partial charge in [0.25, 0.3) is 0 Å². The monoisotopic (exact) mass is 166 g/mol. The lowest BCUT2D eigenvalue weighted by Gasteiger charge is -2.39. The molecule has 0 spiro atoms. The number of nitrogens with zero attached hydrogens (tertiary/aromatic N) is 2. The lowest BCUT2D eigenvalue weighted by molar-refractivity contribution is 0.0934. The second-order valence-corrected chi connectivity index (χ2v) is 4.59. The molecule has 0 bridgehead atoms. The minimum Gasteiger partial charge on any atom is -0.297 e. The smallest absolute Gasteiger partial charge is 0.0669 e. The Morgan fingerprint density at radius 2 is 2.08 bits per heavy atom. The van der Waals surface area contributed by atoms with Crippen LogP contribution in [0.2, 0.25) is 0 Å². The van der Waals surface area contributed by atoms with Crippen molar-refractivity contribution in [2.45, 2.75) is 39.2 Å². The fourth-order valence-electron chi connectivity index (χ4n) is 1.69. The van der Waals surface area contributed by atoms with Gasteiger partial charge in [-0.25, -0.2) is 0 Å². The van der Waals surface area contributed by atoms with Crippen LogP contribution >= 0.6 is 0 Å². The van der Waals surface area contributed by atoms with Crippen LogP contribution in [0.1, 0.15) is 33.6 Å². The zero-order valence-electron chi connectivity index (χ0n) is 8.30. The predicted octanol–water partition coefficient (Wildman–Crippen LogP) is 2.02. The van der Waals surface area contributed by atoms with Gasteiger partial charge in [0.05, 0.1) is 12.0 Å². The van der Waals surface area contributed by atoms with Crippen molar-refractivity contribution in [3.63, 3.8) is 0 Å². The van der Waals surface area contributed by atoms with E-state index in [0.29, 0.717) is 0 Å². The highest BCUT2D eigenvalue weighted by atomic mass is 15.2. The third kappa shape index (κ3) is 2.22. The van der Waals surface area contributed by atoms with Gasteiger partial charge >= 0.3 is 0 Å². The molecule has 0 aromatic rings. The van der Waals surface area contributed by atoms with Crippen molar-refractivity contribution in [3.05, 3.63) is 0 Å². The molecule has 1 rings (SSSR count). The van der Waals surface area contributed by atoms with Crippen molar-refractivity contribution >= 4 is 0 Å². The molecule has 0 aliphatic carbocycles. The molecular formula is C10H18N2. The number of likely N-dealkylation sites (tertiary alicyclic amines) is 1. The fraction of sp³-hybridized carbons (Fsp3) is 0.900. The van der Waals surface area contributed by atoms with E-state index in [1.165, 1.54) is 6.42 Å². The maximum absolute atomic E-state index is 8.80. The Morgan fingerprint density at radius 3 is 2.58 bits per heavy atom. The van der Waals surface area contributed by atoms with Gasteiger partial charge in [0, 0.05) is 12.1 Å². The Morgan fingerprint density at radius 1 is 1.42 bits per heavy atom. The van der Waals surface area contributed by atoms with Crippen LogP contribution in [0.25, 0.3) is 0 Å². The molecule has 1 saturated heterocycles. The molecule has 0 amide bonds. The van der Waals surface area contributed by atoms with Crippen LogP contribution in [-0.2, 0) is 0 Å². The highest BCUT2D eigenvalue weighted by molar-refractivity contribution is 4.91. The average molecular weight is 166 g/mol. The first-order valence-corrected chi connectivity index (χ1v) is 4.68. The maximum atomic E-state index is 8.80. The van der Waals surface area contributed by atoms with Crippen LogP contribution in [0.3, 0.4) is 0 Å². The van der Waals surface area contributed by atoms with Gasteiger partial charge in [-0.15, -0.1) is 0 Å². The van der Waals surface area contributed by atoms with E-state index in [1.54, 1.807) is 0 Å². The van der Waals surface area contributed by atoms with E-state index in [4.69, 9.17) is 5.26 Å². The van der Waals surface area contributed by atoms with Crippen molar-refractivity contribution < 1.29 is 0 Å². The van der Waals surface area contributed by atoms with Gasteiger partial charge in [-0.3, -0.25) is 4.90 Å². The van der Waals surface area contributed by atoms with Crippen LogP contribution in [0, 0.1) is 17.2 Å². The first kappa shape index (κ1) is 9.54. The average Bonchev–Trinajstić information content (AvgIpc) is 2.03. The summed E-state index contributed by atoms with van der Waals surface area (Å²) in [6.45, 7) is 8.76. The molecule has 0 radical (unpaired) electrons. The van der Waals surface area contributed by atoms with Crippen LogP contribution in [0.4, 0.5) is 0 Å². The number of hydrogen-bond donors (Lipinski definition) is 0. The van der Waals surface area contributed by atoms with Gasteiger partial charge in [0.15, 0.2) is 0 Å². The summed E-state index contributed by atoms with van der Waals surface area (Å²) in [7, 11) is 0. The van der Waals surface area contributed by atoms with Crippen molar-refractivity contribution in [1.29, 1.82) is 5.26 Å². The van der Waals surface area contributed by atoms with Gasteiger partial charge in [-0.1, -0.05) is 0 Å². The SMILES string of the molecule is CC(C)(C)N1CCC[C@H](C#N)C1. The van der Waals surface area contributed by atoms with E-state index in [9.17, 15) is 0 Å². The molecule has 1 aliphatic rings. The first-order valence-electron chi connectivity index (χ1n) is 4.68. The van der Waals surface area contributed by atoms with Crippen molar-refractivity contribution in [1.82, 2.24) is 4.90 Å². The molecule has 0 unspecified atom stereocenters. The molecule has 2 heteroatoms. The van der Waals surface area contributed by atoms with E-state index in [2.05, 4.69) is 31.7 Å². The summed E-state index contributed by atoms with van der Waals surface area (Å²) in [6.07, 6.45) is 2.26. The molecule has 1 heterocycles. The summed E-state index contributed by atoms with van der Waals surface area (Å²) in [6, 6.07) is 2.36. The second-order valence-electron chi connectivity index (χ2n) is 4.59. The molecule has 1 aliphatic heterocycles. The Balaban J connectivity index is 2.53. The van der Waals surface area contributed by atoms with Gasteiger partial charge in [0.2, 0.25) is 0 Å². The van der Waals surface area contributed by atoms with Crippen LogP contribution in [0.15, 0.2) is 0 Å². The summed E-state index contributed by atoms with van der Waals surface area (Å²) in [4.78, 5) is 2.41. The quantitative estimate of drug-likeness (QED) is 0.550. The van der Waals surface area contributed by atoms with Crippen molar-refractivity contribution in [2.24, 2.45) is 5.92 Å². The molecule has 1 fully saturated rings. The molecule has 68 valence electrons. The van der Waals surface area contributed by atoms with Gasteiger partial charge in [0.1, 0.15) is 0 Å². The first-order chi connectivity index (χ1) is 5.54. The van der Waals surface area contributed by atoms with Gasteiger partial charge in [-0.05, 0) is 40.2 Å². The molecule has 0 aromatic heterocycles. The Bertz CT molecular complexity index is 185. The lowest BCUT2D eigenvalue weighted by atomic mass is 9.94. The summed E-state index contributed by atoms with van der Waals surface area (Å²) >= 11 is 0. The largest absolute Gasteiger partial charge is 0.297 e. The van der Waals surface area contributed by atoms with E-state index in [0.717, 1.165) is 19.5 Å². The van der Waals surface area contributed by atoms with Gasteiger partial charge < -0.3 is 0 Å². The van der Waals surface area contributed by atoms with E-state index in [-0.39, 0.29) is 11.5 Å². The highest BCUT2D eigenvalue weighted by Gasteiger charge is 2.27. The van der Waals surface area contributed by atoms with Crippen molar-refractivity contribution in [2.75, 3.05) is 13.1 Å². The number of piperidine rings is 1. The molecule has 1 atom stereocenters. The second kappa shape index (κ2) is 3.45. The molecular weight excluding hydrogens is 148 g/mol. The van der Waals surface area contributed by atoms with E-state index in [1.807, 2.05) is 0 Å². The minimum atomic E-state index is 0.232. The number of nitriles is 1. The maximum Gasteiger partial charge on any atom is 0.0669 e. The van der Waals surface area contributed by atoms with Gasteiger partial charge in [-0.2, -0.15) is 5.26 Å². The third-order valence-electron chi connectivity index (χ3n) is 2.55. The lowest BCUT2D eigenvalue weighted by Crippen LogP contribution is -2.46. The molecule has 2 nitrogen and oxygen atoms in total. The number of hydrogen-bond acceptors (Lipinski definition) is 2. The third-order valence-corrected chi connectivity index (χ3v) is 2.55. The minimum absolute atomic E-state index is 0.232. The topological polar surface area (TPSA) is 27.0 Å². The summed E-state index contributed by atoms with van der Waals surface area (Å²) in [5.41, 5.74) is 0.232. The van der Waals surface area contributed by atoms with E-state index >= 15 is 0 Å². The Kier molecular flexibility index (Phi) is 2.74. The van der Waals surface area contributed by atoms with E-state index < -0.39 is 0 Å². The Labute approximate surface area is 75.2 Å². The van der Waals surface area contributed by atoms with Crippen LogP contribution < -0.4 is 0 Å². The Hall–Kier alpha value is -0.550. The zero-order chi connectivity index (χ0) is 9.19. The van der Waals surface area contributed by atoms with Crippen LogP contribution in [-0.4, -0.2) is 23.5 Å². The molecule has 0 saturated carbocycles. The normalized spacial score (nSPS) is 26.7. The summed E-state index contributed by atoms with van der Waals surface area (Å²) in [5, 5.41) is 8.80. The zero-order valence-corrected chi connectivity index (χ0v) is 8.30. The molecule has 12 heavy (non-hydrogen) atoms. The number of rotatable bonds is 0. The standard InChI is InChI=1S/C10H18N2/c1-10(2,3)12-6-4-5-9(7-11)8-12/h9H,4-6,8H2,1-3H3/t9-/m1/s1. The predicted molar refractivity (Wildman–Crippen MR) is 49.7 cm³/mol. The fourth-order valence-corrected chi connectivity index (χ4v) is 1.69. The molecule has 0 N–H and O–H groups in total. The summed E-state index contributed by atoms with van der Waals surface area (Å²) in [5.74, 6) is 0.262. The van der Waals surface area contributed by atoms with Crippen molar-refractivity contribution in [3.8, 4) is 6.07 Å². The molecule has 0 aromatic carbocycles. The van der Waals surface area contributed by atoms with Crippen LogP contribution in [0.5, 0.6) is 0 Å². The highest BCUT2D eigenvalue weighted by Crippen LogP contribution is 2.22.